The Kier molecular flexibility index (Phi) is 3.83. The highest BCUT2D eigenvalue weighted by molar-refractivity contribution is 5.96. The van der Waals surface area contributed by atoms with Crippen molar-refractivity contribution in [1.82, 2.24) is 24.4 Å². The molecule has 0 unspecified atom stereocenters. The second-order valence-electron chi connectivity index (χ2n) is 6.15. The van der Waals surface area contributed by atoms with Gasteiger partial charge >= 0.3 is 0 Å². The summed E-state index contributed by atoms with van der Waals surface area (Å²) in [7, 11) is 0. The van der Waals surface area contributed by atoms with Crippen molar-refractivity contribution in [2.45, 2.75) is 32.4 Å². The van der Waals surface area contributed by atoms with Crippen LogP contribution in [0.25, 0.3) is 11.0 Å². The number of hydrogen-bond acceptors (Lipinski definition) is 5. The van der Waals surface area contributed by atoms with Crippen molar-refractivity contribution >= 4 is 22.8 Å². The molecule has 0 saturated carbocycles. The molecule has 1 atom stereocenters. The maximum Gasteiger partial charge on any atom is 0.276 e. The van der Waals surface area contributed by atoms with Gasteiger partial charge in [0.2, 0.25) is 0 Å². The minimum Gasteiger partial charge on any atom is -0.382 e. The van der Waals surface area contributed by atoms with E-state index >= 15 is 0 Å². The largest absolute Gasteiger partial charge is 0.382 e. The predicted molar refractivity (Wildman–Crippen MR) is 94.9 cm³/mol. The van der Waals surface area contributed by atoms with Gasteiger partial charge in [-0.2, -0.15) is 0 Å². The van der Waals surface area contributed by atoms with Gasteiger partial charge in [0.05, 0.1) is 17.1 Å². The number of benzene rings is 1. The average Bonchev–Trinajstić information content (AvgIpc) is 3.25. The molecule has 1 aromatic carbocycles. The molecule has 1 aliphatic rings. The number of nitrogens with zero attached hydrogens (tertiary/aromatic N) is 5. The number of hydrogen-bond donors (Lipinski definition) is 1. The highest BCUT2D eigenvalue weighted by Gasteiger charge is 2.35. The molecular formula is C18H20N6O. The summed E-state index contributed by atoms with van der Waals surface area (Å²) in [5.41, 5.74) is 8.12. The third-order valence-electron chi connectivity index (χ3n) is 4.74. The molecule has 7 heteroatoms. The van der Waals surface area contributed by atoms with Gasteiger partial charge in [0.15, 0.2) is 11.5 Å². The Labute approximate surface area is 145 Å². The minimum atomic E-state index is -0.178. The molecule has 1 saturated heterocycles. The fourth-order valence-electron chi connectivity index (χ4n) is 3.61. The zero-order chi connectivity index (χ0) is 17.4. The van der Waals surface area contributed by atoms with Gasteiger partial charge in [-0.3, -0.25) is 4.79 Å². The fraction of sp³-hybridized carbons (Fsp3) is 0.333. The van der Waals surface area contributed by atoms with Crippen molar-refractivity contribution in [3.8, 4) is 0 Å². The second-order valence-corrected chi connectivity index (χ2v) is 6.15. The molecule has 0 aliphatic carbocycles. The van der Waals surface area contributed by atoms with Crippen molar-refractivity contribution in [2.75, 3.05) is 12.3 Å². The van der Waals surface area contributed by atoms with E-state index in [0.29, 0.717) is 6.54 Å². The number of nitrogen functional groups attached to an aromatic ring is 1. The van der Waals surface area contributed by atoms with Crippen molar-refractivity contribution in [1.29, 1.82) is 0 Å². The molecule has 0 radical (unpaired) electrons. The highest BCUT2D eigenvalue weighted by atomic mass is 16.2. The van der Waals surface area contributed by atoms with Gasteiger partial charge < -0.3 is 15.2 Å². The van der Waals surface area contributed by atoms with Crippen LogP contribution in [-0.4, -0.2) is 36.9 Å². The Bertz CT molecular complexity index is 934. The lowest BCUT2D eigenvalue weighted by molar-refractivity contribution is 0.0722. The van der Waals surface area contributed by atoms with Crippen LogP contribution >= 0.6 is 0 Å². The SMILES string of the molecule is CCn1c([C@@H]2CCCN2C(=O)c2nccnc2N)nc2ccccc21. The zero-order valence-electron chi connectivity index (χ0n) is 14.1. The summed E-state index contributed by atoms with van der Waals surface area (Å²) < 4.78 is 2.19. The first-order valence-corrected chi connectivity index (χ1v) is 8.53. The van der Waals surface area contributed by atoms with E-state index in [2.05, 4.69) is 27.5 Å². The van der Waals surface area contributed by atoms with Crippen LogP contribution < -0.4 is 5.73 Å². The van der Waals surface area contributed by atoms with Crippen LogP contribution in [0.4, 0.5) is 5.82 Å². The monoisotopic (exact) mass is 336 g/mol. The number of imidazole rings is 1. The lowest BCUT2D eigenvalue weighted by atomic mass is 10.2. The molecule has 1 fully saturated rings. The van der Waals surface area contributed by atoms with Gasteiger partial charge in [0.1, 0.15) is 5.82 Å². The molecular weight excluding hydrogens is 316 g/mol. The Morgan fingerprint density at radius 1 is 1.28 bits per heavy atom. The van der Waals surface area contributed by atoms with Gasteiger partial charge in [-0.25, -0.2) is 15.0 Å². The molecule has 3 heterocycles. The Hall–Kier alpha value is -2.96. The molecule has 25 heavy (non-hydrogen) atoms. The topological polar surface area (TPSA) is 89.9 Å². The summed E-state index contributed by atoms with van der Waals surface area (Å²) in [5, 5.41) is 0. The average molecular weight is 336 g/mol. The molecule has 128 valence electrons. The summed E-state index contributed by atoms with van der Waals surface area (Å²) >= 11 is 0. The molecule has 0 spiro atoms. The van der Waals surface area contributed by atoms with E-state index in [4.69, 9.17) is 10.7 Å². The maximum atomic E-state index is 13.0. The molecule has 2 aromatic heterocycles. The van der Waals surface area contributed by atoms with E-state index < -0.39 is 0 Å². The zero-order valence-corrected chi connectivity index (χ0v) is 14.1. The van der Waals surface area contributed by atoms with E-state index in [1.165, 1.54) is 12.4 Å². The Morgan fingerprint density at radius 3 is 2.88 bits per heavy atom. The number of fused-ring (bicyclic) bond motifs is 1. The number of anilines is 1. The number of para-hydroxylation sites is 2. The van der Waals surface area contributed by atoms with E-state index in [-0.39, 0.29) is 23.5 Å². The third kappa shape index (κ3) is 2.52. The number of aromatic nitrogens is 4. The minimum absolute atomic E-state index is 0.0683. The molecule has 2 N–H and O–H groups in total. The summed E-state index contributed by atoms with van der Waals surface area (Å²) in [6, 6.07) is 8.00. The first kappa shape index (κ1) is 15.6. The van der Waals surface area contributed by atoms with E-state index in [9.17, 15) is 4.79 Å². The van der Waals surface area contributed by atoms with Gasteiger partial charge in [-0.05, 0) is 31.9 Å². The number of carbonyl (C=O) groups excluding carboxylic acids is 1. The van der Waals surface area contributed by atoms with Crippen molar-refractivity contribution < 1.29 is 4.79 Å². The van der Waals surface area contributed by atoms with Crippen molar-refractivity contribution in [2.24, 2.45) is 0 Å². The Balaban J connectivity index is 1.75. The molecule has 0 bridgehead atoms. The van der Waals surface area contributed by atoms with Crippen LogP contribution in [-0.2, 0) is 6.54 Å². The summed E-state index contributed by atoms with van der Waals surface area (Å²) in [5.74, 6) is 0.918. The lowest BCUT2D eigenvalue weighted by Crippen LogP contribution is -2.33. The summed E-state index contributed by atoms with van der Waals surface area (Å²) in [6.45, 7) is 3.58. The number of nitrogens with two attached hydrogens (primary N) is 1. The second kappa shape index (κ2) is 6.16. The van der Waals surface area contributed by atoms with Crippen LogP contribution in [0.1, 0.15) is 42.1 Å². The van der Waals surface area contributed by atoms with Crippen LogP contribution in [0.3, 0.4) is 0 Å². The van der Waals surface area contributed by atoms with Crippen LogP contribution in [0.15, 0.2) is 36.7 Å². The summed E-state index contributed by atoms with van der Waals surface area (Å²) in [4.78, 5) is 27.7. The highest BCUT2D eigenvalue weighted by Crippen LogP contribution is 2.34. The molecule has 1 aliphatic heterocycles. The van der Waals surface area contributed by atoms with Gasteiger partial charge in [-0.1, -0.05) is 12.1 Å². The van der Waals surface area contributed by atoms with Gasteiger partial charge in [-0.15, -0.1) is 0 Å². The molecule has 7 nitrogen and oxygen atoms in total. The van der Waals surface area contributed by atoms with E-state index in [1.54, 1.807) is 0 Å². The number of aryl methyl sites for hydroxylation is 1. The number of likely N-dealkylation sites (tertiary alicyclic amines) is 1. The molecule has 4 rings (SSSR count). The van der Waals surface area contributed by atoms with E-state index in [0.717, 1.165) is 36.2 Å². The third-order valence-corrected chi connectivity index (χ3v) is 4.74. The normalized spacial score (nSPS) is 17.3. The molecule has 3 aromatic rings. The maximum absolute atomic E-state index is 13.0. The van der Waals surface area contributed by atoms with Crippen molar-refractivity contribution in [3.05, 3.63) is 48.2 Å². The quantitative estimate of drug-likeness (QED) is 0.793. The standard InChI is InChI=1S/C18H20N6O/c1-2-23-13-7-4-3-6-12(13)22-17(23)14-8-5-11-24(14)18(25)15-16(19)21-10-9-20-15/h3-4,6-7,9-10,14H,2,5,8,11H2,1H3,(H2,19,21)/t14-/m0/s1. The first-order chi connectivity index (χ1) is 12.2. The predicted octanol–water partition coefficient (Wildman–Crippen LogP) is 2.41. The van der Waals surface area contributed by atoms with Gasteiger partial charge in [0.25, 0.3) is 5.91 Å². The number of carbonyl (C=O) groups is 1. The number of amides is 1. The lowest BCUT2D eigenvalue weighted by Gasteiger charge is -2.24. The van der Waals surface area contributed by atoms with Crippen molar-refractivity contribution in [3.63, 3.8) is 0 Å². The van der Waals surface area contributed by atoms with Crippen LogP contribution in [0.2, 0.25) is 0 Å². The smallest absolute Gasteiger partial charge is 0.276 e. The van der Waals surface area contributed by atoms with Gasteiger partial charge in [0, 0.05) is 25.5 Å². The molecule has 1 amide bonds. The Morgan fingerprint density at radius 2 is 2.08 bits per heavy atom. The van der Waals surface area contributed by atoms with Crippen LogP contribution in [0.5, 0.6) is 0 Å². The van der Waals surface area contributed by atoms with Crippen LogP contribution in [0, 0.1) is 0 Å². The number of rotatable bonds is 3. The van der Waals surface area contributed by atoms with E-state index in [1.807, 2.05) is 23.1 Å². The first-order valence-electron chi connectivity index (χ1n) is 8.53. The summed E-state index contributed by atoms with van der Waals surface area (Å²) in [6.07, 6.45) is 4.80. The fourth-order valence-corrected chi connectivity index (χ4v) is 3.61.